The third-order valence-electron chi connectivity index (χ3n) is 8.32. The highest BCUT2D eigenvalue weighted by Gasteiger charge is 2.31. The van der Waals surface area contributed by atoms with Gasteiger partial charge in [0.1, 0.15) is 0 Å². The molecule has 0 bridgehead atoms. The lowest BCUT2D eigenvalue weighted by molar-refractivity contribution is -0.129. The summed E-state index contributed by atoms with van der Waals surface area (Å²) in [5, 5.41) is 14.3. The molecule has 1 aliphatic heterocycles. The maximum Gasteiger partial charge on any atom is 0.223 e. The van der Waals surface area contributed by atoms with Crippen LogP contribution in [0.3, 0.4) is 0 Å². The summed E-state index contributed by atoms with van der Waals surface area (Å²) in [5.74, 6) is 0.573. The van der Waals surface area contributed by atoms with Crippen molar-refractivity contribution in [2.24, 2.45) is 29.4 Å². The topological polar surface area (TPSA) is 111 Å². The molecule has 0 aromatic heterocycles. The number of ether oxygens (including phenoxy) is 2. The molecule has 0 aliphatic carbocycles. The second-order valence-corrected chi connectivity index (χ2v) is 12.0. The van der Waals surface area contributed by atoms with Crippen LogP contribution in [-0.4, -0.2) is 61.9 Å². The minimum Gasteiger partial charge on any atom is -0.391 e. The second-order valence-electron chi connectivity index (χ2n) is 12.0. The van der Waals surface area contributed by atoms with Crippen LogP contribution in [0.15, 0.2) is 18.2 Å². The predicted molar refractivity (Wildman–Crippen MR) is 157 cm³/mol. The molecule has 222 valence electrons. The van der Waals surface area contributed by atoms with Crippen LogP contribution in [0.2, 0.25) is 0 Å². The van der Waals surface area contributed by atoms with Crippen LogP contribution in [-0.2, 0) is 27.1 Å². The lowest BCUT2D eigenvalue weighted by Gasteiger charge is -2.31. The zero-order valence-corrected chi connectivity index (χ0v) is 25.2. The number of aryl methyl sites for hydroxylation is 1. The molecule has 4 atom stereocenters. The van der Waals surface area contributed by atoms with E-state index in [-0.39, 0.29) is 35.5 Å². The van der Waals surface area contributed by atoms with Crippen molar-refractivity contribution in [2.45, 2.75) is 104 Å². The molecule has 1 amide bonds. The highest BCUT2D eigenvalue weighted by molar-refractivity contribution is 5.97. The van der Waals surface area contributed by atoms with Crippen LogP contribution in [0, 0.1) is 23.7 Å². The molecule has 0 spiro atoms. The number of benzene rings is 1. The molecule has 0 saturated carbocycles. The van der Waals surface area contributed by atoms with Gasteiger partial charge in [-0.1, -0.05) is 46.8 Å². The molecule has 0 radical (unpaired) electrons. The molecule has 1 saturated heterocycles. The number of ketones is 1. The molecular formula is C32H54N2O5. The summed E-state index contributed by atoms with van der Waals surface area (Å²) >= 11 is 0. The molecule has 39 heavy (non-hydrogen) atoms. The number of nitrogens with one attached hydrogen (secondary N) is 1. The number of Topliss-reactive ketones (excluding diaryl/α,β-unsaturated/α-hetero) is 1. The van der Waals surface area contributed by atoms with Crippen molar-refractivity contribution in [2.75, 3.05) is 26.9 Å². The third-order valence-corrected chi connectivity index (χ3v) is 8.32. The van der Waals surface area contributed by atoms with Crippen LogP contribution < -0.4 is 11.1 Å². The van der Waals surface area contributed by atoms with Gasteiger partial charge in [-0.05, 0) is 79.9 Å². The Morgan fingerprint density at radius 2 is 1.82 bits per heavy atom. The summed E-state index contributed by atoms with van der Waals surface area (Å²) in [6.45, 7) is 12.4. The van der Waals surface area contributed by atoms with Crippen molar-refractivity contribution >= 4 is 11.7 Å². The van der Waals surface area contributed by atoms with E-state index in [1.807, 2.05) is 13.8 Å². The molecular weight excluding hydrogens is 492 g/mol. The smallest absolute Gasteiger partial charge is 0.223 e. The van der Waals surface area contributed by atoms with Crippen molar-refractivity contribution in [3.8, 4) is 0 Å². The van der Waals surface area contributed by atoms with Gasteiger partial charge in [0.15, 0.2) is 5.78 Å². The number of carbonyl (C=O) groups excluding carboxylic acids is 2. The molecule has 1 aromatic carbocycles. The Balaban J connectivity index is 2.04. The van der Waals surface area contributed by atoms with Crippen LogP contribution >= 0.6 is 0 Å². The standard InChI is InChI=1S/C32H54N2O5/c1-7-24-11-10-23(18-28(24)30(35)9-8-14-38-6)17-25(21(2)3)19-29(33)31(36)20-27(22(4)5)32(37)34-26-12-15-39-16-13-26/h10-11,18,21-22,25-27,29,31,36H,7-9,12-17,19-20,33H2,1-6H3,(H,34,37). The fourth-order valence-electron chi connectivity index (χ4n) is 5.50. The van der Waals surface area contributed by atoms with E-state index in [9.17, 15) is 14.7 Å². The minimum atomic E-state index is -0.764. The first-order valence-corrected chi connectivity index (χ1v) is 15.0. The Bertz CT molecular complexity index is 881. The monoisotopic (exact) mass is 546 g/mol. The van der Waals surface area contributed by atoms with E-state index < -0.39 is 12.1 Å². The van der Waals surface area contributed by atoms with Gasteiger partial charge in [0, 0.05) is 56.9 Å². The molecule has 4 unspecified atom stereocenters. The van der Waals surface area contributed by atoms with E-state index in [4.69, 9.17) is 15.2 Å². The van der Waals surface area contributed by atoms with Gasteiger partial charge in [0.2, 0.25) is 5.91 Å². The Morgan fingerprint density at radius 3 is 2.41 bits per heavy atom. The summed E-state index contributed by atoms with van der Waals surface area (Å²) < 4.78 is 10.5. The van der Waals surface area contributed by atoms with E-state index in [2.05, 4.69) is 44.3 Å². The highest BCUT2D eigenvalue weighted by Crippen LogP contribution is 2.27. The van der Waals surface area contributed by atoms with E-state index >= 15 is 0 Å². The van der Waals surface area contributed by atoms with Gasteiger partial charge < -0.3 is 25.6 Å². The first-order chi connectivity index (χ1) is 18.6. The van der Waals surface area contributed by atoms with Crippen LogP contribution in [0.25, 0.3) is 0 Å². The number of aliphatic hydroxyl groups is 1. The largest absolute Gasteiger partial charge is 0.391 e. The fourth-order valence-corrected chi connectivity index (χ4v) is 5.50. The van der Waals surface area contributed by atoms with Gasteiger partial charge in [-0.25, -0.2) is 0 Å². The molecule has 7 heteroatoms. The van der Waals surface area contributed by atoms with Gasteiger partial charge in [-0.3, -0.25) is 9.59 Å². The first kappa shape index (κ1) is 33.4. The summed E-state index contributed by atoms with van der Waals surface area (Å²) in [5.41, 5.74) is 9.58. The fraction of sp³-hybridized carbons (Fsp3) is 0.750. The number of methoxy groups -OCH3 is 1. The number of nitrogens with two attached hydrogens (primary N) is 1. The normalized spacial score (nSPS) is 17.7. The van der Waals surface area contributed by atoms with Crippen molar-refractivity contribution < 1.29 is 24.2 Å². The average molecular weight is 547 g/mol. The Morgan fingerprint density at radius 1 is 1.13 bits per heavy atom. The average Bonchev–Trinajstić information content (AvgIpc) is 2.91. The van der Waals surface area contributed by atoms with Gasteiger partial charge in [-0.2, -0.15) is 0 Å². The molecule has 1 fully saturated rings. The van der Waals surface area contributed by atoms with Crippen molar-refractivity contribution in [1.82, 2.24) is 5.32 Å². The van der Waals surface area contributed by atoms with Crippen LogP contribution in [0.5, 0.6) is 0 Å². The van der Waals surface area contributed by atoms with Crippen LogP contribution in [0.1, 0.15) is 94.6 Å². The lowest BCUT2D eigenvalue weighted by Crippen LogP contribution is -2.46. The Hall–Kier alpha value is -1.80. The molecule has 4 N–H and O–H groups in total. The number of carbonyl (C=O) groups is 2. The summed E-state index contributed by atoms with van der Waals surface area (Å²) in [6.07, 6.45) is 4.69. The van der Waals surface area contributed by atoms with E-state index in [1.165, 1.54) is 0 Å². The Kier molecular flexibility index (Phi) is 14.7. The number of rotatable bonds is 17. The second kappa shape index (κ2) is 17.1. The van der Waals surface area contributed by atoms with Crippen LogP contribution in [0.4, 0.5) is 0 Å². The zero-order chi connectivity index (χ0) is 28.9. The third kappa shape index (κ3) is 10.9. The minimum absolute atomic E-state index is 0.00210. The molecule has 2 rings (SSSR count). The zero-order valence-electron chi connectivity index (χ0n) is 25.2. The van der Waals surface area contributed by atoms with Crippen molar-refractivity contribution in [3.63, 3.8) is 0 Å². The maximum atomic E-state index is 13.1. The Labute approximate surface area is 236 Å². The summed E-state index contributed by atoms with van der Waals surface area (Å²) in [6, 6.07) is 5.97. The number of aliphatic hydroxyl groups excluding tert-OH is 1. The molecule has 7 nitrogen and oxygen atoms in total. The maximum absolute atomic E-state index is 13.1. The summed E-state index contributed by atoms with van der Waals surface area (Å²) in [4.78, 5) is 26.0. The van der Waals surface area contributed by atoms with Gasteiger partial charge >= 0.3 is 0 Å². The van der Waals surface area contributed by atoms with E-state index in [1.54, 1.807) is 7.11 Å². The van der Waals surface area contributed by atoms with Gasteiger partial charge in [-0.15, -0.1) is 0 Å². The number of amides is 1. The predicted octanol–water partition coefficient (Wildman–Crippen LogP) is 4.71. The summed E-state index contributed by atoms with van der Waals surface area (Å²) in [7, 11) is 1.65. The highest BCUT2D eigenvalue weighted by atomic mass is 16.5. The van der Waals surface area contributed by atoms with Gasteiger partial charge in [0.25, 0.3) is 0 Å². The van der Waals surface area contributed by atoms with E-state index in [0.717, 1.165) is 42.4 Å². The quantitative estimate of drug-likeness (QED) is 0.193. The molecule has 1 aliphatic rings. The first-order valence-electron chi connectivity index (χ1n) is 15.0. The lowest BCUT2D eigenvalue weighted by atomic mass is 9.80. The SMILES string of the molecule is CCc1ccc(CC(CC(N)C(O)CC(C(=O)NC2CCOCC2)C(C)C)C(C)C)cc1C(=O)CCCOC. The van der Waals surface area contributed by atoms with E-state index in [0.29, 0.717) is 51.4 Å². The number of hydrogen-bond donors (Lipinski definition) is 3. The molecule has 1 aromatic rings. The van der Waals surface area contributed by atoms with Crippen molar-refractivity contribution in [1.29, 1.82) is 0 Å². The molecule has 1 heterocycles. The van der Waals surface area contributed by atoms with Gasteiger partial charge in [0.05, 0.1) is 6.10 Å². The number of hydrogen-bond acceptors (Lipinski definition) is 6. The van der Waals surface area contributed by atoms with Crippen molar-refractivity contribution in [3.05, 3.63) is 34.9 Å².